The van der Waals surface area contributed by atoms with Gasteiger partial charge in [-0.1, -0.05) is 23.7 Å². The van der Waals surface area contributed by atoms with Crippen molar-refractivity contribution in [3.8, 4) is 0 Å². The Bertz CT molecular complexity index is 386. The molecule has 0 aliphatic carbocycles. The average molecular weight is 241 g/mol. The van der Waals surface area contributed by atoms with Crippen molar-refractivity contribution >= 4 is 17.6 Å². The van der Waals surface area contributed by atoms with Crippen molar-refractivity contribution in [2.75, 3.05) is 0 Å². The van der Waals surface area contributed by atoms with E-state index in [1.165, 1.54) is 0 Å². The minimum absolute atomic E-state index is 0.109. The summed E-state index contributed by atoms with van der Waals surface area (Å²) >= 11 is 5.77. The molecule has 0 amide bonds. The van der Waals surface area contributed by atoms with Crippen LogP contribution in [0.25, 0.3) is 0 Å². The first-order chi connectivity index (χ1) is 7.58. The Kier molecular flexibility index (Phi) is 3.17. The fourth-order valence-corrected chi connectivity index (χ4v) is 1.62. The second-order valence-electron chi connectivity index (χ2n) is 4.01. The minimum Gasteiger partial charge on any atom is -0.461 e. The first kappa shape index (κ1) is 11.4. The van der Waals surface area contributed by atoms with Gasteiger partial charge in [0, 0.05) is 5.02 Å². The molecule has 0 N–H and O–H groups in total. The van der Waals surface area contributed by atoms with Crippen molar-refractivity contribution in [1.82, 2.24) is 0 Å². The van der Waals surface area contributed by atoms with Gasteiger partial charge in [0.25, 0.3) is 0 Å². The van der Waals surface area contributed by atoms with Crippen LogP contribution in [0.5, 0.6) is 0 Å². The van der Waals surface area contributed by atoms with Crippen molar-refractivity contribution in [3.63, 3.8) is 0 Å². The fraction of sp³-hybridized carbons (Fsp3) is 0.417. The molecule has 0 spiro atoms. The molecule has 1 aliphatic heterocycles. The first-order valence-corrected chi connectivity index (χ1v) is 5.57. The van der Waals surface area contributed by atoms with Gasteiger partial charge in [-0.25, -0.2) is 4.79 Å². The monoisotopic (exact) mass is 240 g/mol. The highest BCUT2D eigenvalue weighted by Crippen LogP contribution is 2.39. The van der Waals surface area contributed by atoms with Gasteiger partial charge in [-0.05, 0) is 31.5 Å². The predicted molar refractivity (Wildman–Crippen MR) is 60.3 cm³/mol. The van der Waals surface area contributed by atoms with Crippen LogP contribution in [0.1, 0.15) is 25.5 Å². The van der Waals surface area contributed by atoms with Gasteiger partial charge in [0.1, 0.15) is 6.10 Å². The molecule has 0 bridgehead atoms. The van der Waals surface area contributed by atoms with E-state index in [0.717, 1.165) is 5.56 Å². The Morgan fingerprint density at radius 1 is 1.38 bits per heavy atom. The van der Waals surface area contributed by atoms with E-state index >= 15 is 0 Å². The molecular formula is C12H13ClO3. The van der Waals surface area contributed by atoms with Crippen molar-refractivity contribution in [2.45, 2.75) is 32.2 Å². The molecule has 0 unspecified atom stereocenters. The third-order valence-corrected chi connectivity index (χ3v) is 2.53. The van der Waals surface area contributed by atoms with E-state index in [1.54, 1.807) is 12.1 Å². The summed E-state index contributed by atoms with van der Waals surface area (Å²) in [5, 5.41) is 0.672. The molecule has 2 atom stereocenters. The van der Waals surface area contributed by atoms with Crippen LogP contribution in [0.15, 0.2) is 24.3 Å². The van der Waals surface area contributed by atoms with E-state index in [1.807, 2.05) is 26.0 Å². The summed E-state index contributed by atoms with van der Waals surface area (Å²) in [5.41, 5.74) is 0.954. The highest BCUT2D eigenvalue weighted by molar-refractivity contribution is 6.30. The van der Waals surface area contributed by atoms with Gasteiger partial charge in [0.15, 0.2) is 6.10 Å². The molecule has 3 nitrogen and oxygen atoms in total. The number of benzene rings is 1. The molecule has 1 fully saturated rings. The number of carbonyl (C=O) groups is 1. The lowest BCUT2D eigenvalue weighted by molar-refractivity contribution is -0.148. The smallest absolute Gasteiger partial charge is 0.338 e. The van der Waals surface area contributed by atoms with Gasteiger partial charge >= 0.3 is 5.97 Å². The number of esters is 1. The Labute approximate surface area is 99.3 Å². The average Bonchev–Trinajstić information content (AvgIpc) is 2.97. The quantitative estimate of drug-likeness (QED) is 0.602. The maximum Gasteiger partial charge on any atom is 0.338 e. The van der Waals surface area contributed by atoms with Crippen molar-refractivity contribution in [1.29, 1.82) is 0 Å². The first-order valence-electron chi connectivity index (χ1n) is 5.19. The summed E-state index contributed by atoms with van der Waals surface area (Å²) in [4.78, 5) is 11.5. The van der Waals surface area contributed by atoms with Gasteiger partial charge in [-0.3, -0.25) is 0 Å². The lowest BCUT2D eigenvalue weighted by Crippen LogP contribution is -2.17. The van der Waals surface area contributed by atoms with Crippen LogP contribution in [0.2, 0.25) is 5.02 Å². The number of epoxide rings is 1. The number of carbonyl (C=O) groups excluding carboxylic acids is 1. The van der Waals surface area contributed by atoms with Gasteiger partial charge in [-0.2, -0.15) is 0 Å². The van der Waals surface area contributed by atoms with Gasteiger partial charge in [0.05, 0.1) is 6.10 Å². The molecule has 16 heavy (non-hydrogen) atoms. The lowest BCUT2D eigenvalue weighted by Gasteiger charge is -2.05. The Hall–Kier alpha value is -1.06. The topological polar surface area (TPSA) is 38.8 Å². The largest absolute Gasteiger partial charge is 0.461 e. The minimum atomic E-state index is -0.455. The van der Waals surface area contributed by atoms with Crippen molar-refractivity contribution in [3.05, 3.63) is 34.9 Å². The van der Waals surface area contributed by atoms with E-state index in [9.17, 15) is 4.79 Å². The van der Waals surface area contributed by atoms with Crippen LogP contribution >= 0.6 is 11.6 Å². The molecule has 1 heterocycles. The van der Waals surface area contributed by atoms with Gasteiger partial charge in [0.2, 0.25) is 0 Å². The summed E-state index contributed by atoms with van der Waals surface area (Å²) in [6.45, 7) is 3.63. The molecule has 0 aromatic heterocycles. The third kappa shape index (κ3) is 2.54. The summed E-state index contributed by atoms with van der Waals surface area (Å²) in [5.74, 6) is -0.296. The molecule has 1 saturated heterocycles. The molecule has 1 aliphatic rings. The Morgan fingerprint density at radius 3 is 2.56 bits per heavy atom. The SMILES string of the molecule is CC(C)OC(=O)[C@H]1O[C@@H]1c1ccc(Cl)cc1. The van der Waals surface area contributed by atoms with Crippen LogP contribution in [0.3, 0.4) is 0 Å². The highest BCUT2D eigenvalue weighted by Gasteiger charge is 2.47. The molecule has 0 saturated carbocycles. The third-order valence-electron chi connectivity index (χ3n) is 2.27. The molecular weight excluding hydrogens is 228 g/mol. The van der Waals surface area contributed by atoms with Gasteiger partial charge in [-0.15, -0.1) is 0 Å². The molecule has 86 valence electrons. The molecule has 2 rings (SSSR count). The molecule has 0 radical (unpaired) electrons. The Morgan fingerprint density at radius 2 is 2.00 bits per heavy atom. The molecule has 4 heteroatoms. The van der Waals surface area contributed by atoms with Crippen molar-refractivity contribution in [2.24, 2.45) is 0 Å². The molecule has 1 aromatic rings. The van der Waals surface area contributed by atoms with Crippen LogP contribution < -0.4 is 0 Å². The van der Waals surface area contributed by atoms with E-state index in [0.29, 0.717) is 5.02 Å². The van der Waals surface area contributed by atoms with E-state index in [-0.39, 0.29) is 18.2 Å². The summed E-state index contributed by atoms with van der Waals surface area (Å²) in [6, 6.07) is 7.28. The number of hydrogen-bond donors (Lipinski definition) is 0. The van der Waals surface area contributed by atoms with Crippen LogP contribution in [-0.2, 0) is 14.3 Å². The number of halogens is 1. The second-order valence-corrected chi connectivity index (χ2v) is 4.45. The second kappa shape index (κ2) is 4.44. The predicted octanol–water partition coefficient (Wildman–Crippen LogP) is 2.73. The Balaban J connectivity index is 1.96. The zero-order chi connectivity index (χ0) is 11.7. The molecule has 1 aromatic carbocycles. The van der Waals surface area contributed by atoms with Gasteiger partial charge < -0.3 is 9.47 Å². The number of ether oxygens (including phenoxy) is 2. The number of hydrogen-bond acceptors (Lipinski definition) is 3. The summed E-state index contributed by atoms with van der Waals surface area (Å²) in [6.07, 6.45) is -0.741. The van der Waals surface area contributed by atoms with Crippen LogP contribution in [-0.4, -0.2) is 18.2 Å². The standard InChI is InChI=1S/C12H13ClO3/c1-7(2)15-12(14)11-10(16-11)8-3-5-9(13)6-4-8/h3-7,10-11H,1-2H3/t10-,11+/m1/s1. The maximum absolute atomic E-state index is 11.5. The van der Waals surface area contributed by atoms with E-state index in [4.69, 9.17) is 21.1 Å². The summed E-state index contributed by atoms with van der Waals surface area (Å²) in [7, 11) is 0. The van der Waals surface area contributed by atoms with E-state index in [2.05, 4.69) is 0 Å². The van der Waals surface area contributed by atoms with E-state index < -0.39 is 6.10 Å². The summed E-state index contributed by atoms with van der Waals surface area (Å²) < 4.78 is 10.3. The lowest BCUT2D eigenvalue weighted by atomic mass is 10.1. The van der Waals surface area contributed by atoms with Crippen molar-refractivity contribution < 1.29 is 14.3 Å². The van der Waals surface area contributed by atoms with Crippen LogP contribution in [0.4, 0.5) is 0 Å². The zero-order valence-corrected chi connectivity index (χ0v) is 9.90. The normalized spacial score (nSPS) is 23.2. The van der Waals surface area contributed by atoms with Crippen LogP contribution in [0, 0.1) is 0 Å². The maximum atomic E-state index is 11.5. The zero-order valence-electron chi connectivity index (χ0n) is 9.14. The fourth-order valence-electron chi connectivity index (χ4n) is 1.50. The number of rotatable bonds is 3. The highest BCUT2D eigenvalue weighted by atomic mass is 35.5.